The quantitative estimate of drug-likeness (QED) is 0.381. The first-order chi connectivity index (χ1) is 18.9. The number of nitrogens with two attached hydrogens (primary N) is 1. The number of carbonyl (C=O) groups excluding carboxylic acids is 1. The third-order valence-corrected chi connectivity index (χ3v) is 7.86. The normalized spacial score (nSPS) is 17.1. The molecule has 1 aromatic heterocycles. The molecule has 0 saturated carbocycles. The number of nitrogen functional groups attached to an aromatic ring is 1. The Kier molecular flexibility index (Phi) is 9.22. The Morgan fingerprint density at radius 1 is 1.10 bits per heavy atom. The van der Waals surface area contributed by atoms with Crippen LogP contribution in [0.25, 0.3) is 11.3 Å². The van der Waals surface area contributed by atoms with E-state index in [1.54, 1.807) is 17.0 Å². The number of rotatable bonds is 8. The molecule has 10 heteroatoms. The molecular weight excluding hydrogens is 526 g/mol. The van der Waals surface area contributed by atoms with E-state index < -0.39 is 11.1 Å². The number of ether oxygens (including phenoxy) is 1. The first-order valence-corrected chi connectivity index (χ1v) is 14.6. The number of amides is 1. The predicted molar refractivity (Wildman–Crippen MR) is 158 cm³/mol. The summed E-state index contributed by atoms with van der Waals surface area (Å²) >= 11 is -2.15. The van der Waals surface area contributed by atoms with E-state index in [4.69, 9.17) is 10.5 Å². The van der Waals surface area contributed by atoms with E-state index in [2.05, 4.69) is 35.6 Å². The SMILES string of the molecule is Cc1cccc(C)c1-c1cc(OCC2CN(C(=O)c3cccc(S(=O)O)c3)CCN2CCC(C)(C)C)nc(N)n1. The number of nitrogens with zero attached hydrogens (tertiary/aromatic N) is 4. The van der Waals surface area contributed by atoms with Gasteiger partial charge in [-0.05, 0) is 61.6 Å². The molecule has 1 aliphatic heterocycles. The second kappa shape index (κ2) is 12.4. The van der Waals surface area contributed by atoms with Crippen molar-refractivity contribution in [2.75, 3.05) is 38.5 Å². The van der Waals surface area contributed by atoms with E-state index in [1.807, 2.05) is 38.1 Å². The fourth-order valence-corrected chi connectivity index (χ4v) is 5.40. The maximum Gasteiger partial charge on any atom is 0.253 e. The highest BCUT2D eigenvalue weighted by Gasteiger charge is 2.31. The van der Waals surface area contributed by atoms with Crippen LogP contribution in [-0.2, 0) is 11.1 Å². The second-order valence-corrected chi connectivity index (χ2v) is 12.5. The van der Waals surface area contributed by atoms with Gasteiger partial charge in [-0.15, -0.1) is 0 Å². The van der Waals surface area contributed by atoms with Crippen LogP contribution in [0, 0.1) is 19.3 Å². The lowest BCUT2D eigenvalue weighted by Gasteiger charge is -2.42. The molecule has 9 nitrogen and oxygen atoms in total. The van der Waals surface area contributed by atoms with Gasteiger partial charge >= 0.3 is 0 Å². The van der Waals surface area contributed by atoms with E-state index in [-0.39, 0.29) is 28.2 Å². The molecule has 40 heavy (non-hydrogen) atoms. The van der Waals surface area contributed by atoms with Crippen molar-refractivity contribution in [3.63, 3.8) is 0 Å². The van der Waals surface area contributed by atoms with E-state index >= 15 is 0 Å². The molecule has 1 aliphatic rings. The molecule has 0 bridgehead atoms. The summed E-state index contributed by atoms with van der Waals surface area (Å²) in [6.45, 7) is 13.6. The molecule has 2 unspecified atom stereocenters. The lowest BCUT2D eigenvalue weighted by molar-refractivity contribution is 0.0315. The van der Waals surface area contributed by atoms with Gasteiger partial charge in [0.2, 0.25) is 11.8 Å². The Labute approximate surface area is 239 Å². The molecule has 2 atom stereocenters. The topological polar surface area (TPSA) is 122 Å². The number of anilines is 1. The average molecular weight is 566 g/mol. The molecule has 0 aliphatic carbocycles. The van der Waals surface area contributed by atoms with E-state index in [0.29, 0.717) is 43.4 Å². The molecule has 1 fully saturated rings. The van der Waals surface area contributed by atoms with Gasteiger partial charge in [-0.25, -0.2) is 9.19 Å². The van der Waals surface area contributed by atoms with Gasteiger partial charge in [0, 0.05) is 36.8 Å². The molecule has 3 aromatic rings. The summed E-state index contributed by atoms with van der Waals surface area (Å²) in [6, 6.07) is 14.2. The van der Waals surface area contributed by atoms with Crippen molar-refractivity contribution in [1.29, 1.82) is 0 Å². The summed E-state index contributed by atoms with van der Waals surface area (Å²) < 4.78 is 27.2. The number of piperazine rings is 1. The number of aromatic nitrogens is 2. The highest BCUT2D eigenvalue weighted by molar-refractivity contribution is 7.79. The number of aryl methyl sites for hydroxylation is 2. The molecule has 0 radical (unpaired) electrons. The van der Waals surface area contributed by atoms with Crippen molar-refractivity contribution in [2.24, 2.45) is 5.41 Å². The Morgan fingerprint density at radius 3 is 2.48 bits per heavy atom. The van der Waals surface area contributed by atoms with Crippen LogP contribution in [-0.4, -0.2) is 73.3 Å². The molecule has 214 valence electrons. The monoisotopic (exact) mass is 565 g/mol. The highest BCUT2D eigenvalue weighted by atomic mass is 32.2. The maximum absolute atomic E-state index is 13.4. The Balaban J connectivity index is 1.54. The number of carbonyl (C=O) groups is 1. The third-order valence-electron chi connectivity index (χ3n) is 7.20. The van der Waals surface area contributed by atoms with Gasteiger partial charge in [0.1, 0.15) is 6.61 Å². The van der Waals surface area contributed by atoms with Crippen LogP contribution in [0.15, 0.2) is 53.4 Å². The van der Waals surface area contributed by atoms with Gasteiger partial charge in [-0.2, -0.15) is 4.98 Å². The highest BCUT2D eigenvalue weighted by Crippen LogP contribution is 2.29. The van der Waals surface area contributed by atoms with Gasteiger partial charge < -0.3 is 19.9 Å². The van der Waals surface area contributed by atoms with E-state index in [0.717, 1.165) is 29.7 Å². The predicted octanol–water partition coefficient (Wildman–Crippen LogP) is 4.56. The minimum Gasteiger partial charge on any atom is -0.476 e. The Morgan fingerprint density at radius 2 is 1.80 bits per heavy atom. The summed E-state index contributed by atoms with van der Waals surface area (Å²) in [7, 11) is 0. The van der Waals surface area contributed by atoms with Crippen LogP contribution in [0.1, 0.15) is 48.7 Å². The molecule has 0 spiro atoms. The van der Waals surface area contributed by atoms with Crippen molar-refractivity contribution in [3.05, 3.63) is 65.2 Å². The number of hydrogen-bond donors (Lipinski definition) is 2. The fourth-order valence-electron chi connectivity index (χ4n) is 4.97. The zero-order chi connectivity index (χ0) is 29.0. The zero-order valence-corrected chi connectivity index (χ0v) is 24.7. The lowest BCUT2D eigenvalue weighted by Crippen LogP contribution is -2.57. The van der Waals surface area contributed by atoms with E-state index in [1.165, 1.54) is 12.1 Å². The van der Waals surface area contributed by atoms with Crippen LogP contribution in [0.4, 0.5) is 5.95 Å². The van der Waals surface area contributed by atoms with Crippen LogP contribution in [0.5, 0.6) is 5.88 Å². The zero-order valence-electron chi connectivity index (χ0n) is 23.9. The smallest absolute Gasteiger partial charge is 0.253 e. The van der Waals surface area contributed by atoms with Gasteiger partial charge in [0.15, 0.2) is 11.1 Å². The summed E-state index contributed by atoms with van der Waals surface area (Å²) in [5, 5.41) is 0. The molecule has 4 rings (SSSR count). The van der Waals surface area contributed by atoms with Crippen molar-refractivity contribution in [2.45, 2.75) is 52.0 Å². The largest absolute Gasteiger partial charge is 0.476 e. The van der Waals surface area contributed by atoms with Gasteiger partial charge in [0.25, 0.3) is 5.91 Å². The average Bonchev–Trinajstić information content (AvgIpc) is 2.90. The summed E-state index contributed by atoms with van der Waals surface area (Å²) in [5.41, 5.74) is 10.5. The van der Waals surface area contributed by atoms with Crippen molar-refractivity contribution >= 4 is 22.9 Å². The first kappa shape index (κ1) is 29.6. The minimum absolute atomic E-state index is 0.0740. The van der Waals surface area contributed by atoms with Crippen LogP contribution < -0.4 is 10.5 Å². The number of benzene rings is 2. The molecule has 1 saturated heterocycles. The first-order valence-electron chi connectivity index (χ1n) is 13.5. The fraction of sp³-hybridized carbons (Fsp3) is 0.433. The molecule has 1 amide bonds. The maximum atomic E-state index is 13.4. The Bertz CT molecular complexity index is 1370. The lowest BCUT2D eigenvalue weighted by atomic mass is 9.91. The molecule has 2 aromatic carbocycles. The van der Waals surface area contributed by atoms with Crippen molar-refractivity contribution in [1.82, 2.24) is 19.8 Å². The summed E-state index contributed by atoms with van der Waals surface area (Å²) in [5.74, 6) is 0.361. The summed E-state index contributed by atoms with van der Waals surface area (Å²) in [4.78, 5) is 26.5. The van der Waals surface area contributed by atoms with Crippen LogP contribution >= 0.6 is 0 Å². The Hall–Kier alpha value is -3.34. The number of hydrogen-bond acceptors (Lipinski definition) is 7. The van der Waals surface area contributed by atoms with Crippen LogP contribution in [0.3, 0.4) is 0 Å². The van der Waals surface area contributed by atoms with Crippen LogP contribution in [0.2, 0.25) is 0 Å². The van der Waals surface area contributed by atoms with Crippen molar-refractivity contribution in [3.8, 4) is 17.1 Å². The molecular formula is C30H39N5O4S. The van der Waals surface area contributed by atoms with Crippen molar-refractivity contribution < 1.29 is 18.3 Å². The molecule has 2 heterocycles. The van der Waals surface area contributed by atoms with Gasteiger partial charge in [-0.1, -0.05) is 45.0 Å². The summed E-state index contributed by atoms with van der Waals surface area (Å²) in [6.07, 6.45) is 0.999. The second-order valence-electron chi connectivity index (χ2n) is 11.6. The molecule has 3 N–H and O–H groups in total. The minimum atomic E-state index is -2.15. The van der Waals surface area contributed by atoms with Gasteiger partial charge in [-0.3, -0.25) is 9.69 Å². The van der Waals surface area contributed by atoms with E-state index in [9.17, 15) is 13.6 Å². The third kappa shape index (κ3) is 7.44. The van der Waals surface area contributed by atoms with Gasteiger partial charge in [0.05, 0.1) is 16.6 Å². The standard InChI is InChI=1S/C30H39N5O4S/c1-20-8-6-9-21(2)27(20)25-17-26(33-29(31)32-25)39-19-23-18-35(15-14-34(23)13-12-30(3,4)5)28(36)22-10-7-11-24(16-22)40(37)38/h6-11,16-17,23H,12-15,18-19H2,1-5H3,(H,37,38)(H2,31,32,33).